The average molecular weight is 326 g/mol. The van der Waals surface area contributed by atoms with E-state index in [-0.39, 0.29) is 18.9 Å². The molecule has 0 radical (unpaired) electrons. The summed E-state index contributed by atoms with van der Waals surface area (Å²) in [6.07, 6.45) is 0.903. The number of hydrogen-bond acceptors (Lipinski definition) is 3. The molecule has 2 rings (SSSR count). The fourth-order valence-corrected chi connectivity index (χ4v) is 2.27. The second-order valence-electron chi connectivity index (χ2n) is 5.51. The Hall–Kier alpha value is -2.66. The maximum Gasteiger partial charge on any atom is 0.305 e. The van der Waals surface area contributed by atoms with Gasteiger partial charge < -0.3 is 15.7 Å². The zero-order valence-corrected chi connectivity index (χ0v) is 13.5. The first-order valence-electron chi connectivity index (χ1n) is 7.99. The van der Waals surface area contributed by atoms with Crippen LogP contribution in [0.4, 0.5) is 0 Å². The van der Waals surface area contributed by atoms with Gasteiger partial charge in [-0.1, -0.05) is 42.5 Å². The summed E-state index contributed by atoms with van der Waals surface area (Å²) in [6.45, 7) is 1.77. The Morgan fingerprint density at radius 3 is 2.25 bits per heavy atom. The van der Waals surface area contributed by atoms with Crippen LogP contribution in [0.15, 0.2) is 54.6 Å². The number of carbonyl (C=O) groups is 2. The molecule has 3 N–H and O–H groups in total. The van der Waals surface area contributed by atoms with E-state index in [4.69, 9.17) is 5.11 Å². The summed E-state index contributed by atoms with van der Waals surface area (Å²) in [4.78, 5) is 22.3. The van der Waals surface area contributed by atoms with Crippen LogP contribution in [0.5, 0.6) is 0 Å². The Balaban J connectivity index is 1.71. The van der Waals surface area contributed by atoms with Crippen LogP contribution in [0.3, 0.4) is 0 Å². The molecule has 1 amide bonds. The fourth-order valence-electron chi connectivity index (χ4n) is 2.27. The highest BCUT2D eigenvalue weighted by Crippen LogP contribution is 2.05. The van der Waals surface area contributed by atoms with Crippen molar-refractivity contribution in [2.45, 2.75) is 19.4 Å². The molecule has 0 bridgehead atoms. The number of carboxylic acids is 1. The van der Waals surface area contributed by atoms with E-state index in [2.05, 4.69) is 22.8 Å². The Morgan fingerprint density at radius 1 is 0.875 bits per heavy atom. The summed E-state index contributed by atoms with van der Waals surface area (Å²) < 4.78 is 0. The van der Waals surface area contributed by atoms with Crippen LogP contribution in [0.2, 0.25) is 0 Å². The van der Waals surface area contributed by atoms with Crippen LogP contribution in [0, 0.1) is 0 Å². The number of carboxylic acid groups (broad SMARTS) is 1. The third-order valence-corrected chi connectivity index (χ3v) is 3.60. The highest BCUT2D eigenvalue weighted by molar-refractivity contribution is 5.94. The molecule has 0 aromatic heterocycles. The van der Waals surface area contributed by atoms with Crippen LogP contribution in [0.1, 0.15) is 27.9 Å². The first-order chi connectivity index (χ1) is 11.6. The summed E-state index contributed by atoms with van der Waals surface area (Å²) in [5, 5.41) is 14.5. The molecule has 0 fully saturated rings. The summed E-state index contributed by atoms with van der Waals surface area (Å²) >= 11 is 0. The average Bonchev–Trinajstić information content (AvgIpc) is 2.60. The van der Waals surface area contributed by atoms with Gasteiger partial charge in [0.1, 0.15) is 0 Å². The van der Waals surface area contributed by atoms with Gasteiger partial charge in [-0.3, -0.25) is 9.59 Å². The number of carbonyl (C=O) groups excluding carboxylic acids is 1. The zero-order valence-electron chi connectivity index (χ0n) is 13.5. The molecular weight excluding hydrogens is 304 g/mol. The Morgan fingerprint density at radius 2 is 1.58 bits per heavy atom. The first-order valence-corrected chi connectivity index (χ1v) is 7.99. The molecule has 2 aromatic rings. The van der Waals surface area contributed by atoms with Gasteiger partial charge in [0.2, 0.25) is 0 Å². The monoisotopic (exact) mass is 326 g/mol. The maximum atomic E-state index is 11.8. The number of nitrogens with one attached hydrogen (secondary N) is 2. The zero-order chi connectivity index (χ0) is 17.2. The summed E-state index contributed by atoms with van der Waals surface area (Å²) in [5.41, 5.74) is 2.94. The summed E-state index contributed by atoms with van der Waals surface area (Å²) in [7, 11) is 0. The quantitative estimate of drug-likeness (QED) is 0.618. The molecule has 0 saturated heterocycles. The van der Waals surface area contributed by atoms with Crippen molar-refractivity contribution >= 4 is 11.9 Å². The molecule has 0 saturated carbocycles. The predicted octanol–water partition coefficient (Wildman–Crippen LogP) is 2.22. The van der Waals surface area contributed by atoms with Gasteiger partial charge in [-0.25, -0.2) is 0 Å². The molecule has 126 valence electrons. The van der Waals surface area contributed by atoms with E-state index >= 15 is 0 Å². The van der Waals surface area contributed by atoms with Crippen molar-refractivity contribution in [2.24, 2.45) is 0 Å². The number of benzene rings is 2. The molecule has 0 aliphatic heterocycles. The molecule has 0 aliphatic rings. The molecule has 0 unspecified atom stereocenters. The molecule has 5 heteroatoms. The van der Waals surface area contributed by atoms with E-state index in [1.165, 1.54) is 5.56 Å². The SMILES string of the molecule is O=C(O)CCNC(=O)c1ccc(CNCCc2ccccc2)cc1. The predicted molar refractivity (Wildman–Crippen MR) is 92.9 cm³/mol. The third-order valence-electron chi connectivity index (χ3n) is 3.60. The number of aliphatic carboxylic acids is 1. The van der Waals surface area contributed by atoms with E-state index in [0.29, 0.717) is 5.56 Å². The van der Waals surface area contributed by atoms with Gasteiger partial charge in [0.05, 0.1) is 6.42 Å². The lowest BCUT2D eigenvalue weighted by molar-refractivity contribution is -0.136. The second kappa shape index (κ2) is 9.47. The van der Waals surface area contributed by atoms with Crippen molar-refractivity contribution in [3.63, 3.8) is 0 Å². The molecule has 2 aromatic carbocycles. The summed E-state index contributed by atoms with van der Waals surface area (Å²) in [5.74, 6) is -1.17. The minimum Gasteiger partial charge on any atom is -0.481 e. The molecular formula is C19H22N2O3. The lowest BCUT2D eigenvalue weighted by Crippen LogP contribution is -2.26. The Kier molecular flexibility index (Phi) is 6.98. The van der Waals surface area contributed by atoms with E-state index in [9.17, 15) is 9.59 Å². The lowest BCUT2D eigenvalue weighted by atomic mass is 10.1. The number of amides is 1. The summed E-state index contributed by atoms with van der Waals surface area (Å²) in [6, 6.07) is 17.6. The smallest absolute Gasteiger partial charge is 0.305 e. The normalized spacial score (nSPS) is 10.3. The van der Waals surface area contributed by atoms with Crippen LogP contribution in [-0.4, -0.2) is 30.1 Å². The van der Waals surface area contributed by atoms with Crippen LogP contribution < -0.4 is 10.6 Å². The van der Waals surface area contributed by atoms with Crippen molar-refractivity contribution < 1.29 is 14.7 Å². The van der Waals surface area contributed by atoms with Crippen molar-refractivity contribution in [1.82, 2.24) is 10.6 Å². The number of hydrogen-bond donors (Lipinski definition) is 3. The molecule has 24 heavy (non-hydrogen) atoms. The van der Waals surface area contributed by atoms with Gasteiger partial charge in [0, 0.05) is 18.7 Å². The maximum absolute atomic E-state index is 11.8. The second-order valence-corrected chi connectivity index (χ2v) is 5.51. The van der Waals surface area contributed by atoms with Gasteiger partial charge in [0.15, 0.2) is 0 Å². The Labute approximate surface area is 141 Å². The van der Waals surface area contributed by atoms with Gasteiger partial charge in [0.25, 0.3) is 5.91 Å². The van der Waals surface area contributed by atoms with Gasteiger partial charge in [-0.2, -0.15) is 0 Å². The number of rotatable bonds is 9. The van der Waals surface area contributed by atoms with Crippen molar-refractivity contribution in [2.75, 3.05) is 13.1 Å². The van der Waals surface area contributed by atoms with Crippen molar-refractivity contribution in [3.05, 3.63) is 71.3 Å². The topological polar surface area (TPSA) is 78.4 Å². The lowest BCUT2D eigenvalue weighted by Gasteiger charge is -2.07. The first kappa shape index (κ1) is 17.7. The molecule has 5 nitrogen and oxygen atoms in total. The standard InChI is InChI=1S/C19H22N2O3/c22-18(23)11-13-21-19(24)17-8-6-16(7-9-17)14-20-12-10-15-4-2-1-3-5-15/h1-9,20H,10-14H2,(H,21,24)(H,22,23). The highest BCUT2D eigenvalue weighted by atomic mass is 16.4. The van der Waals surface area contributed by atoms with Crippen LogP contribution in [-0.2, 0) is 17.8 Å². The van der Waals surface area contributed by atoms with Gasteiger partial charge in [-0.05, 0) is 36.2 Å². The Bertz CT molecular complexity index is 654. The van der Waals surface area contributed by atoms with Crippen molar-refractivity contribution in [3.8, 4) is 0 Å². The minimum absolute atomic E-state index is 0.0742. The van der Waals surface area contributed by atoms with Gasteiger partial charge >= 0.3 is 5.97 Å². The van der Waals surface area contributed by atoms with E-state index in [1.807, 2.05) is 30.3 Å². The van der Waals surface area contributed by atoms with Gasteiger partial charge in [-0.15, -0.1) is 0 Å². The molecule has 0 heterocycles. The minimum atomic E-state index is -0.924. The van der Waals surface area contributed by atoms with E-state index in [1.54, 1.807) is 12.1 Å². The van der Waals surface area contributed by atoms with Crippen LogP contribution in [0.25, 0.3) is 0 Å². The molecule has 0 atom stereocenters. The fraction of sp³-hybridized carbons (Fsp3) is 0.263. The van der Waals surface area contributed by atoms with Crippen molar-refractivity contribution in [1.29, 1.82) is 0 Å². The molecule has 0 aliphatic carbocycles. The van der Waals surface area contributed by atoms with E-state index in [0.717, 1.165) is 25.1 Å². The van der Waals surface area contributed by atoms with E-state index < -0.39 is 5.97 Å². The van der Waals surface area contributed by atoms with Crippen LogP contribution >= 0.6 is 0 Å². The molecule has 0 spiro atoms. The third kappa shape index (κ3) is 6.22. The largest absolute Gasteiger partial charge is 0.481 e. The highest BCUT2D eigenvalue weighted by Gasteiger charge is 2.05.